The molecule has 1 aromatic carbocycles. The van der Waals surface area contributed by atoms with Crippen molar-refractivity contribution in [2.45, 2.75) is 19.4 Å². The van der Waals surface area contributed by atoms with E-state index in [0.29, 0.717) is 12.5 Å². The van der Waals surface area contributed by atoms with Crippen LogP contribution in [0.1, 0.15) is 18.9 Å². The van der Waals surface area contributed by atoms with Gasteiger partial charge in [-0.2, -0.15) is 0 Å². The van der Waals surface area contributed by atoms with Gasteiger partial charge in [-0.3, -0.25) is 4.90 Å². The molecule has 1 aromatic rings. The van der Waals surface area contributed by atoms with Gasteiger partial charge in [-0.05, 0) is 44.0 Å². The first-order valence-electron chi connectivity index (χ1n) is 7.42. The van der Waals surface area contributed by atoms with Gasteiger partial charge in [0.05, 0.1) is 6.10 Å². The summed E-state index contributed by atoms with van der Waals surface area (Å²) in [7, 11) is 0. The first kappa shape index (κ1) is 15.8. The maximum absolute atomic E-state index is 9.59. The number of aliphatic hydroxyl groups is 2. The van der Waals surface area contributed by atoms with Crippen LogP contribution in [0.4, 0.5) is 0 Å². The fraction of sp³-hybridized carbons (Fsp3) is 0.529. The highest BCUT2D eigenvalue weighted by Gasteiger charge is 2.25. The van der Waals surface area contributed by atoms with Gasteiger partial charge in [0.25, 0.3) is 0 Å². The maximum atomic E-state index is 9.59. The molecule has 1 aliphatic rings. The van der Waals surface area contributed by atoms with Crippen molar-refractivity contribution in [2.75, 3.05) is 32.8 Å². The molecule has 0 bridgehead atoms. The van der Waals surface area contributed by atoms with Crippen molar-refractivity contribution in [3.63, 3.8) is 0 Å². The predicted octanol–water partition coefficient (Wildman–Crippen LogP) is 1.11. The predicted molar refractivity (Wildman–Crippen MR) is 82.1 cm³/mol. The summed E-state index contributed by atoms with van der Waals surface area (Å²) < 4.78 is 5.75. The largest absolute Gasteiger partial charge is 0.492 e. The SMILES string of the molecule is CC(O)C1CCN(CCOc2cccc(C#CCO)c2)C1. The molecule has 4 nitrogen and oxygen atoms in total. The molecule has 0 saturated carbocycles. The van der Waals surface area contributed by atoms with E-state index in [1.807, 2.05) is 31.2 Å². The van der Waals surface area contributed by atoms with Crippen LogP contribution in [0.15, 0.2) is 24.3 Å². The van der Waals surface area contributed by atoms with Crippen molar-refractivity contribution in [1.82, 2.24) is 4.90 Å². The molecule has 2 atom stereocenters. The lowest BCUT2D eigenvalue weighted by molar-refractivity contribution is 0.125. The number of likely N-dealkylation sites (tertiary alicyclic amines) is 1. The highest BCUT2D eigenvalue weighted by atomic mass is 16.5. The van der Waals surface area contributed by atoms with E-state index in [1.165, 1.54) is 0 Å². The fourth-order valence-corrected chi connectivity index (χ4v) is 2.56. The van der Waals surface area contributed by atoms with Crippen LogP contribution >= 0.6 is 0 Å². The van der Waals surface area contributed by atoms with Crippen molar-refractivity contribution in [2.24, 2.45) is 5.92 Å². The summed E-state index contributed by atoms with van der Waals surface area (Å²) in [5, 5.41) is 18.3. The topological polar surface area (TPSA) is 52.9 Å². The lowest BCUT2D eigenvalue weighted by atomic mass is 10.0. The molecule has 1 saturated heterocycles. The van der Waals surface area contributed by atoms with Crippen molar-refractivity contribution in [1.29, 1.82) is 0 Å². The smallest absolute Gasteiger partial charge is 0.120 e. The number of aliphatic hydroxyl groups excluding tert-OH is 2. The molecule has 1 fully saturated rings. The minimum atomic E-state index is -0.224. The van der Waals surface area contributed by atoms with Crippen molar-refractivity contribution >= 4 is 0 Å². The second-order valence-corrected chi connectivity index (χ2v) is 5.43. The second kappa shape index (κ2) is 8.04. The van der Waals surface area contributed by atoms with Gasteiger partial charge in [0.2, 0.25) is 0 Å². The minimum Gasteiger partial charge on any atom is -0.492 e. The summed E-state index contributed by atoms with van der Waals surface area (Å²) >= 11 is 0. The van der Waals surface area contributed by atoms with E-state index >= 15 is 0 Å². The molecule has 1 heterocycles. The maximum Gasteiger partial charge on any atom is 0.120 e. The summed E-state index contributed by atoms with van der Waals surface area (Å²) in [4.78, 5) is 2.33. The molecule has 114 valence electrons. The Hall–Kier alpha value is -1.54. The molecule has 21 heavy (non-hydrogen) atoms. The molecule has 2 N–H and O–H groups in total. The minimum absolute atomic E-state index is 0.134. The van der Waals surface area contributed by atoms with E-state index in [0.717, 1.165) is 37.4 Å². The molecule has 1 aliphatic heterocycles. The van der Waals surface area contributed by atoms with Crippen molar-refractivity contribution in [3.8, 4) is 17.6 Å². The van der Waals surface area contributed by atoms with Gasteiger partial charge in [-0.1, -0.05) is 17.9 Å². The van der Waals surface area contributed by atoms with E-state index in [-0.39, 0.29) is 12.7 Å². The zero-order valence-electron chi connectivity index (χ0n) is 12.5. The van der Waals surface area contributed by atoms with Gasteiger partial charge < -0.3 is 14.9 Å². The van der Waals surface area contributed by atoms with E-state index in [1.54, 1.807) is 0 Å². The Morgan fingerprint density at radius 1 is 1.48 bits per heavy atom. The van der Waals surface area contributed by atoms with E-state index in [9.17, 15) is 5.11 Å². The molecule has 2 unspecified atom stereocenters. The molecular weight excluding hydrogens is 266 g/mol. The highest BCUT2D eigenvalue weighted by molar-refractivity contribution is 5.39. The molecule has 0 amide bonds. The van der Waals surface area contributed by atoms with Gasteiger partial charge in [0.15, 0.2) is 0 Å². The zero-order valence-corrected chi connectivity index (χ0v) is 12.5. The van der Waals surface area contributed by atoms with Gasteiger partial charge in [-0.25, -0.2) is 0 Å². The van der Waals surface area contributed by atoms with Crippen molar-refractivity contribution in [3.05, 3.63) is 29.8 Å². The normalized spacial score (nSPS) is 19.9. The standard InChI is InChI=1S/C17H23NO3/c1-14(20)16-7-8-18(13-16)9-11-21-17-6-2-4-15(12-17)5-3-10-19/h2,4,6,12,14,16,19-20H,7-11,13H2,1H3. The number of ether oxygens (including phenoxy) is 1. The van der Waals surface area contributed by atoms with Crippen LogP contribution in [-0.4, -0.2) is 54.1 Å². The molecular formula is C17H23NO3. The highest BCUT2D eigenvalue weighted by Crippen LogP contribution is 2.19. The molecule has 0 spiro atoms. The first-order chi connectivity index (χ1) is 10.2. The fourth-order valence-electron chi connectivity index (χ4n) is 2.56. The molecule has 0 radical (unpaired) electrons. The molecule has 2 rings (SSSR count). The Kier molecular flexibility index (Phi) is 6.06. The van der Waals surface area contributed by atoms with Crippen molar-refractivity contribution < 1.29 is 14.9 Å². The van der Waals surface area contributed by atoms with Gasteiger partial charge >= 0.3 is 0 Å². The van der Waals surface area contributed by atoms with Crippen LogP contribution in [0, 0.1) is 17.8 Å². The molecule has 0 aromatic heterocycles. The van der Waals surface area contributed by atoms with Crippen LogP contribution in [-0.2, 0) is 0 Å². The third-order valence-corrected chi connectivity index (χ3v) is 3.81. The van der Waals surface area contributed by atoms with Crippen LogP contribution < -0.4 is 4.74 Å². The van der Waals surface area contributed by atoms with Crippen LogP contribution in [0.2, 0.25) is 0 Å². The third kappa shape index (κ3) is 5.05. The van der Waals surface area contributed by atoms with Gasteiger partial charge in [0, 0.05) is 18.7 Å². The Morgan fingerprint density at radius 3 is 3.05 bits per heavy atom. The van der Waals surface area contributed by atoms with Crippen LogP contribution in [0.3, 0.4) is 0 Å². The summed E-state index contributed by atoms with van der Waals surface area (Å²) in [5.41, 5.74) is 0.844. The van der Waals surface area contributed by atoms with Crippen LogP contribution in [0.5, 0.6) is 5.75 Å². The molecule has 4 heteroatoms. The Labute approximate surface area is 126 Å². The van der Waals surface area contributed by atoms with Crippen LogP contribution in [0.25, 0.3) is 0 Å². The monoisotopic (exact) mass is 289 g/mol. The summed E-state index contributed by atoms with van der Waals surface area (Å²) in [6.07, 6.45) is 0.835. The number of rotatable bonds is 5. The zero-order chi connectivity index (χ0) is 15.1. The average Bonchev–Trinajstić information content (AvgIpc) is 2.95. The van der Waals surface area contributed by atoms with E-state index < -0.39 is 0 Å². The van der Waals surface area contributed by atoms with E-state index in [4.69, 9.17) is 9.84 Å². The Balaban J connectivity index is 1.76. The summed E-state index contributed by atoms with van der Waals surface area (Å²) in [6, 6.07) is 7.58. The Morgan fingerprint density at radius 2 is 2.33 bits per heavy atom. The number of nitrogens with zero attached hydrogens (tertiary/aromatic N) is 1. The first-order valence-corrected chi connectivity index (χ1v) is 7.42. The van der Waals surface area contributed by atoms with E-state index in [2.05, 4.69) is 16.7 Å². The summed E-state index contributed by atoms with van der Waals surface area (Å²) in [6.45, 7) is 5.21. The van der Waals surface area contributed by atoms with Gasteiger partial charge in [0.1, 0.15) is 19.0 Å². The number of hydrogen-bond acceptors (Lipinski definition) is 4. The number of hydrogen-bond donors (Lipinski definition) is 2. The third-order valence-electron chi connectivity index (χ3n) is 3.81. The quantitative estimate of drug-likeness (QED) is 0.798. The Bertz CT molecular complexity index is 504. The summed E-state index contributed by atoms with van der Waals surface area (Å²) in [5.74, 6) is 6.68. The van der Waals surface area contributed by atoms with Gasteiger partial charge in [-0.15, -0.1) is 0 Å². The lowest BCUT2D eigenvalue weighted by Crippen LogP contribution is -2.28. The number of benzene rings is 1. The average molecular weight is 289 g/mol. The lowest BCUT2D eigenvalue weighted by Gasteiger charge is -2.17. The second-order valence-electron chi connectivity index (χ2n) is 5.43. The molecule has 0 aliphatic carbocycles.